The van der Waals surface area contributed by atoms with E-state index >= 15 is 0 Å². The molecule has 8 rings (SSSR count). The van der Waals surface area contributed by atoms with Crippen molar-refractivity contribution in [3.63, 3.8) is 0 Å². The summed E-state index contributed by atoms with van der Waals surface area (Å²) in [6, 6.07) is 19.5. The number of nitrogens with one attached hydrogen (secondary N) is 2. The third-order valence-corrected chi connectivity index (χ3v) is 13.3. The zero-order chi connectivity index (χ0) is 46.5. The number of aryl methyl sites for hydroxylation is 2. The molecule has 3 aliphatic heterocycles. The van der Waals surface area contributed by atoms with Crippen molar-refractivity contribution in [1.82, 2.24) is 25.0 Å². The second-order valence-corrected chi connectivity index (χ2v) is 18.0. The molecule has 0 aliphatic carbocycles. The minimum atomic E-state index is -1.46. The Balaban J connectivity index is 0.719. The van der Waals surface area contributed by atoms with Gasteiger partial charge >= 0.3 is 0 Å². The van der Waals surface area contributed by atoms with E-state index in [2.05, 4.69) is 34.7 Å². The maximum atomic E-state index is 13.6. The van der Waals surface area contributed by atoms with Gasteiger partial charge in [0.05, 0.1) is 56.5 Å². The number of piperidine rings is 1. The van der Waals surface area contributed by atoms with Gasteiger partial charge in [0.25, 0.3) is 17.7 Å². The predicted octanol–water partition coefficient (Wildman–Crippen LogP) is 6.33. The third-order valence-electron chi connectivity index (χ3n) is 11.9. The number of Topliss-reactive ketones (excluding diaryl/α,β-unsaturated/α-hetero) is 1. The van der Waals surface area contributed by atoms with E-state index in [0.29, 0.717) is 75.1 Å². The molecule has 344 valence electrons. The summed E-state index contributed by atoms with van der Waals surface area (Å²) in [6.07, 6.45) is 0.485. The molecule has 3 aliphatic rings. The van der Waals surface area contributed by atoms with Gasteiger partial charge in [-0.25, -0.2) is 0 Å². The van der Waals surface area contributed by atoms with E-state index in [1.807, 2.05) is 60.0 Å². The quantitative estimate of drug-likeness (QED) is 0.0652. The number of rotatable bonds is 20. The van der Waals surface area contributed by atoms with Gasteiger partial charge < -0.3 is 24.3 Å². The fourth-order valence-electron chi connectivity index (χ4n) is 8.26. The number of carbonyl (C=O) groups excluding carboxylic acids is 5. The molecular weight excluding hydrogens is 886 g/mol. The number of aliphatic imine (C=N–C) groups is 1. The highest BCUT2D eigenvalue weighted by Gasteiger charge is 2.53. The van der Waals surface area contributed by atoms with Gasteiger partial charge in [-0.15, -0.1) is 21.5 Å². The summed E-state index contributed by atoms with van der Waals surface area (Å²) in [6.45, 7) is 10.4. The van der Waals surface area contributed by atoms with Gasteiger partial charge in [-0.1, -0.05) is 41.9 Å². The second kappa shape index (κ2) is 20.2. The largest absolute Gasteiger partial charge is 0.491 e. The molecule has 2 aromatic heterocycles. The van der Waals surface area contributed by atoms with Gasteiger partial charge in [-0.05, 0) is 81.6 Å². The number of amides is 4. The van der Waals surface area contributed by atoms with Gasteiger partial charge in [0.15, 0.2) is 5.82 Å². The van der Waals surface area contributed by atoms with Crippen molar-refractivity contribution in [2.45, 2.75) is 65.0 Å². The van der Waals surface area contributed by atoms with Crippen molar-refractivity contribution in [1.29, 1.82) is 0 Å². The highest BCUT2D eigenvalue weighted by Crippen LogP contribution is 2.40. The van der Waals surface area contributed by atoms with E-state index in [9.17, 15) is 24.0 Å². The number of imide groups is 2. The van der Waals surface area contributed by atoms with E-state index in [1.54, 1.807) is 29.5 Å². The van der Waals surface area contributed by atoms with Crippen molar-refractivity contribution in [3.05, 3.63) is 122 Å². The number of benzene rings is 3. The van der Waals surface area contributed by atoms with E-state index in [0.717, 1.165) is 43.7 Å². The van der Waals surface area contributed by atoms with Gasteiger partial charge in [0, 0.05) is 52.5 Å². The molecule has 2 N–H and O–H groups in total. The van der Waals surface area contributed by atoms with Crippen molar-refractivity contribution >= 4 is 63.7 Å². The smallest absolute Gasteiger partial charge is 0.264 e. The van der Waals surface area contributed by atoms with Crippen molar-refractivity contribution in [2.24, 2.45) is 4.99 Å². The summed E-state index contributed by atoms with van der Waals surface area (Å²) in [7, 11) is 0. The fourth-order valence-corrected chi connectivity index (χ4v) is 9.60. The van der Waals surface area contributed by atoms with Crippen LogP contribution in [0.1, 0.15) is 91.7 Å². The lowest BCUT2D eigenvalue weighted by Gasteiger charge is -2.38. The lowest BCUT2D eigenvalue weighted by atomic mass is 9.89. The number of hydrogen-bond acceptors (Lipinski definition) is 14. The Hall–Kier alpha value is -6.11. The molecule has 3 aromatic carbocycles. The Morgan fingerprint density at radius 3 is 2.27 bits per heavy atom. The predicted molar refractivity (Wildman–Crippen MR) is 247 cm³/mol. The zero-order valence-electron chi connectivity index (χ0n) is 37.1. The minimum absolute atomic E-state index is 0.0269. The monoisotopic (exact) mass is 935 g/mol. The van der Waals surface area contributed by atoms with Crippen molar-refractivity contribution < 1.29 is 42.9 Å². The number of fused-ring (bicyclic) bond motifs is 4. The van der Waals surface area contributed by atoms with Crippen LogP contribution in [0, 0.1) is 20.8 Å². The van der Waals surface area contributed by atoms with Gasteiger partial charge in [0.2, 0.25) is 5.91 Å². The molecule has 0 saturated carbocycles. The lowest BCUT2D eigenvalue weighted by Crippen LogP contribution is -2.62. The average molecular weight is 936 g/mol. The summed E-state index contributed by atoms with van der Waals surface area (Å²) in [5.41, 5.74) is 4.14. The van der Waals surface area contributed by atoms with E-state index in [1.165, 1.54) is 11.8 Å². The highest BCUT2D eigenvalue weighted by atomic mass is 35.5. The van der Waals surface area contributed by atoms with Crippen LogP contribution < -0.4 is 15.4 Å². The molecule has 0 bridgehead atoms. The first-order valence-electron chi connectivity index (χ1n) is 21.8. The summed E-state index contributed by atoms with van der Waals surface area (Å²) in [4.78, 5) is 72.1. The number of ketones is 1. The summed E-state index contributed by atoms with van der Waals surface area (Å²) in [5.74, 6) is -0.167. The number of hydrogen-bond donors (Lipinski definition) is 2. The first kappa shape index (κ1) is 46.4. The number of aromatic nitrogens is 3. The van der Waals surface area contributed by atoms with Gasteiger partial charge in [-0.3, -0.25) is 43.7 Å². The van der Waals surface area contributed by atoms with Crippen LogP contribution in [0.5, 0.6) is 5.75 Å². The maximum Gasteiger partial charge on any atom is 0.264 e. The number of thiophene rings is 1. The molecule has 0 spiro atoms. The van der Waals surface area contributed by atoms with Gasteiger partial charge in [-0.2, -0.15) is 0 Å². The average Bonchev–Trinajstić information content (AvgIpc) is 3.88. The van der Waals surface area contributed by atoms with Crippen LogP contribution in [0.25, 0.3) is 5.00 Å². The molecule has 4 amide bonds. The summed E-state index contributed by atoms with van der Waals surface area (Å²) < 4.78 is 24.8. The molecule has 0 radical (unpaired) electrons. The molecule has 1 unspecified atom stereocenters. The van der Waals surface area contributed by atoms with Crippen molar-refractivity contribution in [2.75, 3.05) is 58.1 Å². The van der Waals surface area contributed by atoms with Crippen LogP contribution in [-0.2, 0) is 35.0 Å². The van der Waals surface area contributed by atoms with Crippen LogP contribution in [0.15, 0.2) is 71.7 Å². The van der Waals surface area contributed by atoms with Crippen LogP contribution in [-0.4, -0.2) is 113 Å². The second-order valence-electron chi connectivity index (χ2n) is 16.4. The Labute approximate surface area is 390 Å². The highest BCUT2D eigenvalue weighted by molar-refractivity contribution is 7.15. The molecule has 16 nitrogen and oxygen atoms in total. The first-order valence-corrected chi connectivity index (χ1v) is 23.0. The Bertz CT molecular complexity index is 2700. The molecule has 5 heterocycles. The SMILES string of the molecule is Cc1sc2c(c1C)C(c1ccc(Cl)cc1)=N[C@@H](CC(=O)Cc1ccc(OCCOCCOCCOCCNc3cccc4c3C(=O)N(C3(C)CCC(=O)NC3=O)C4=O)cc1)c1nnc(C)n1-2. The Kier molecular flexibility index (Phi) is 14.2. The molecule has 1 fully saturated rings. The van der Waals surface area contributed by atoms with Crippen LogP contribution in [0.3, 0.4) is 0 Å². The maximum absolute atomic E-state index is 13.6. The zero-order valence-corrected chi connectivity index (χ0v) is 38.7. The normalized spacial score (nSPS) is 17.8. The number of ether oxygens (including phenoxy) is 4. The molecular formula is C48H50ClN7O9S. The molecule has 2 atom stereocenters. The van der Waals surface area contributed by atoms with E-state index < -0.39 is 35.2 Å². The fraction of sp³-hybridized carbons (Fsp3) is 0.375. The molecule has 5 aromatic rings. The van der Waals surface area contributed by atoms with Crippen LogP contribution in [0.2, 0.25) is 5.02 Å². The number of carbonyl (C=O) groups is 5. The topological polar surface area (TPSA) is 193 Å². The lowest BCUT2D eigenvalue weighted by molar-refractivity contribution is -0.141. The first-order chi connectivity index (χ1) is 31.8. The standard InChI is InChI=1S/C48H50ClN7O9S/c1-28-29(2)66-46-40(28)42(32-10-12-33(49)13-11-32)51-38(43-54-53-30(3)55(43)46)27-34(57)26-31-8-14-35(15-9-31)65-25-24-64-23-22-63-21-20-62-19-18-50-37-7-5-6-36-41(37)45(60)56(44(36)59)48(4)17-16-39(58)52-47(48)61/h5-15,38,50H,16-27H2,1-4H3,(H,52,58,61)/t38-,48?/m0/s1. The Morgan fingerprint density at radius 2 is 1.56 bits per heavy atom. The van der Waals surface area contributed by atoms with E-state index in [-0.39, 0.29) is 42.6 Å². The van der Waals surface area contributed by atoms with Crippen LogP contribution in [0.4, 0.5) is 5.69 Å². The number of nitrogens with zero attached hydrogens (tertiary/aromatic N) is 5. The number of halogens is 1. The Morgan fingerprint density at radius 1 is 0.864 bits per heavy atom. The van der Waals surface area contributed by atoms with Crippen molar-refractivity contribution in [3.8, 4) is 10.8 Å². The molecule has 66 heavy (non-hydrogen) atoms. The third kappa shape index (κ3) is 9.71. The minimum Gasteiger partial charge on any atom is -0.491 e. The van der Waals surface area contributed by atoms with Crippen LogP contribution >= 0.6 is 22.9 Å². The summed E-state index contributed by atoms with van der Waals surface area (Å²) in [5, 5.41) is 16.0. The molecule has 1 saturated heterocycles. The summed E-state index contributed by atoms with van der Waals surface area (Å²) >= 11 is 7.92. The van der Waals surface area contributed by atoms with Gasteiger partial charge in [0.1, 0.15) is 40.5 Å². The van der Waals surface area contributed by atoms with E-state index in [4.69, 9.17) is 35.5 Å². The molecule has 18 heteroatoms. The number of anilines is 1.